The molecule has 1 saturated heterocycles. The maximum atomic E-state index is 13.2. The van der Waals surface area contributed by atoms with Crippen LogP contribution in [0.1, 0.15) is 18.9 Å². The van der Waals surface area contributed by atoms with E-state index >= 15 is 0 Å². The minimum atomic E-state index is -0.607. The number of thioether (sulfide) groups is 1. The summed E-state index contributed by atoms with van der Waals surface area (Å²) in [7, 11) is 0. The number of anilines is 1. The lowest BCUT2D eigenvalue weighted by atomic mass is 10.2. The second kappa shape index (κ2) is 11.2. The van der Waals surface area contributed by atoms with Crippen LogP contribution in [-0.2, 0) is 16.1 Å². The average Bonchev–Trinajstić information content (AvgIpc) is 2.83. The molecule has 0 bridgehead atoms. The number of aliphatic imine (C=N–C) groups is 1. The molecule has 0 radical (unpaired) electrons. The summed E-state index contributed by atoms with van der Waals surface area (Å²) in [5, 5.41) is 3.31. The molecule has 1 heterocycles. The lowest BCUT2D eigenvalue weighted by molar-refractivity contribution is -0.129. The number of halogens is 1. The Bertz CT molecular complexity index is 1190. The Hall–Kier alpha value is -3.29. The number of amides is 2. The Morgan fingerprint density at radius 1 is 1.12 bits per heavy atom. The SMILES string of the molecule is CCOc1ccc(NC(=O)[C@H]2CC(=O)N(Cc3ccccc3)C(=Nc3cccc(Cl)c3)S2)cc1. The zero-order valence-electron chi connectivity index (χ0n) is 18.6. The van der Waals surface area contributed by atoms with Gasteiger partial charge in [-0.1, -0.05) is 59.8 Å². The third-order valence-electron chi connectivity index (χ3n) is 5.08. The van der Waals surface area contributed by atoms with Gasteiger partial charge in [0.15, 0.2) is 5.17 Å². The minimum absolute atomic E-state index is 0.0783. The molecule has 0 aliphatic carbocycles. The van der Waals surface area contributed by atoms with Crippen LogP contribution < -0.4 is 10.1 Å². The molecular weight excluding hydrogens is 470 g/mol. The van der Waals surface area contributed by atoms with E-state index in [4.69, 9.17) is 16.3 Å². The van der Waals surface area contributed by atoms with Crippen molar-refractivity contribution in [2.45, 2.75) is 25.1 Å². The highest BCUT2D eigenvalue weighted by Crippen LogP contribution is 2.31. The van der Waals surface area contributed by atoms with E-state index in [-0.39, 0.29) is 18.2 Å². The van der Waals surface area contributed by atoms with Gasteiger partial charge in [-0.15, -0.1) is 0 Å². The topological polar surface area (TPSA) is 71.0 Å². The summed E-state index contributed by atoms with van der Waals surface area (Å²) in [6, 6.07) is 24.0. The Labute approximate surface area is 208 Å². The third kappa shape index (κ3) is 6.18. The highest BCUT2D eigenvalue weighted by molar-refractivity contribution is 8.15. The van der Waals surface area contributed by atoms with Gasteiger partial charge < -0.3 is 10.1 Å². The fraction of sp³-hybridized carbons (Fsp3) is 0.192. The highest BCUT2D eigenvalue weighted by Gasteiger charge is 2.36. The summed E-state index contributed by atoms with van der Waals surface area (Å²) < 4.78 is 5.44. The molecule has 34 heavy (non-hydrogen) atoms. The van der Waals surface area contributed by atoms with Crippen LogP contribution in [-0.4, -0.2) is 33.7 Å². The van der Waals surface area contributed by atoms with Crippen molar-refractivity contribution in [3.63, 3.8) is 0 Å². The number of nitrogens with one attached hydrogen (secondary N) is 1. The summed E-state index contributed by atoms with van der Waals surface area (Å²) in [5.74, 6) is 0.325. The molecule has 4 rings (SSSR count). The Morgan fingerprint density at radius 2 is 1.88 bits per heavy atom. The number of nitrogens with zero attached hydrogens (tertiary/aromatic N) is 2. The summed E-state index contributed by atoms with van der Waals surface area (Å²) in [4.78, 5) is 32.5. The third-order valence-corrected chi connectivity index (χ3v) is 6.50. The van der Waals surface area contributed by atoms with E-state index in [2.05, 4.69) is 10.3 Å². The molecule has 1 N–H and O–H groups in total. The van der Waals surface area contributed by atoms with E-state index in [0.29, 0.717) is 34.7 Å². The molecule has 6 nitrogen and oxygen atoms in total. The monoisotopic (exact) mass is 493 g/mol. The van der Waals surface area contributed by atoms with Crippen molar-refractivity contribution in [2.75, 3.05) is 11.9 Å². The molecule has 174 valence electrons. The zero-order chi connectivity index (χ0) is 23.9. The average molecular weight is 494 g/mol. The molecule has 1 fully saturated rings. The Morgan fingerprint density at radius 3 is 2.59 bits per heavy atom. The summed E-state index contributed by atoms with van der Waals surface area (Å²) in [6.45, 7) is 2.86. The molecule has 0 unspecified atom stereocenters. The van der Waals surface area contributed by atoms with E-state index in [1.807, 2.05) is 43.3 Å². The molecule has 0 saturated carbocycles. The molecule has 0 aromatic heterocycles. The number of carbonyl (C=O) groups is 2. The van der Waals surface area contributed by atoms with E-state index in [9.17, 15) is 9.59 Å². The van der Waals surface area contributed by atoms with Gasteiger partial charge in [-0.3, -0.25) is 14.5 Å². The molecule has 8 heteroatoms. The van der Waals surface area contributed by atoms with E-state index in [1.54, 1.807) is 47.4 Å². The summed E-state index contributed by atoms with van der Waals surface area (Å²) in [5.41, 5.74) is 2.24. The van der Waals surface area contributed by atoms with Crippen molar-refractivity contribution < 1.29 is 14.3 Å². The van der Waals surface area contributed by atoms with Crippen LogP contribution in [0.4, 0.5) is 11.4 Å². The minimum Gasteiger partial charge on any atom is -0.494 e. The predicted molar refractivity (Wildman–Crippen MR) is 138 cm³/mol. The first-order valence-corrected chi connectivity index (χ1v) is 12.2. The van der Waals surface area contributed by atoms with Crippen molar-refractivity contribution in [3.05, 3.63) is 89.4 Å². The van der Waals surface area contributed by atoms with E-state index < -0.39 is 5.25 Å². The number of benzene rings is 3. The van der Waals surface area contributed by atoms with Crippen LogP contribution in [0.3, 0.4) is 0 Å². The Balaban J connectivity index is 1.55. The molecule has 3 aromatic rings. The van der Waals surface area contributed by atoms with Crippen molar-refractivity contribution in [2.24, 2.45) is 4.99 Å². The van der Waals surface area contributed by atoms with Crippen LogP contribution in [0, 0.1) is 0 Å². The first-order chi connectivity index (χ1) is 16.5. The Kier molecular flexibility index (Phi) is 7.87. The van der Waals surface area contributed by atoms with Crippen LogP contribution in [0.25, 0.3) is 0 Å². The zero-order valence-corrected chi connectivity index (χ0v) is 20.2. The molecule has 0 spiro atoms. The van der Waals surface area contributed by atoms with Gasteiger partial charge in [-0.2, -0.15) is 0 Å². The van der Waals surface area contributed by atoms with Gasteiger partial charge >= 0.3 is 0 Å². The summed E-state index contributed by atoms with van der Waals surface area (Å²) >= 11 is 7.41. The number of rotatable bonds is 7. The number of carbonyl (C=O) groups excluding carboxylic acids is 2. The predicted octanol–water partition coefficient (Wildman–Crippen LogP) is 5.90. The van der Waals surface area contributed by atoms with Crippen LogP contribution in [0.2, 0.25) is 5.02 Å². The molecule has 3 aromatic carbocycles. The second-order valence-corrected chi connectivity index (χ2v) is 9.20. The molecular formula is C26H24ClN3O3S. The van der Waals surface area contributed by atoms with Gasteiger partial charge in [0.1, 0.15) is 11.0 Å². The number of ether oxygens (including phenoxy) is 1. The summed E-state index contributed by atoms with van der Waals surface area (Å²) in [6.07, 6.45) is 0.0783. The fourth-order valence-corrected chi connectivity index (χ4v) is 4.73. The molecule has 2 amide bonds. The van der Waals surface area contributed by atoms with Gasteiger partial charge in [0.05, 0.1) is 18.8 Å². The second-order valence-electron chi connectivity index (χ2n) is 7.60. The van der Waals surface area contributed by atoms with E-state index in [1.165, 1.54) is 11.8 Å². The van der Waals surface area contributed by atoms with Crippen LogP contribution in [0.15, 0.2) is 83.9 Å². The molecule has 1 aliphatic rings. The van der Waals surface area contributed by atoms with Crippen molar-refractivity contribution in [1.82, 2.24) is 4.90 Å². The number of hydrogen-bond donors (Lipinski definition) is 1. The number of amidine groups is 1. The first kappa shape index (κ1) is 23.9. The van der Waals surface area contributed by atoms with Gasteiger partial charge in [-0.25, -0.2) is 4.99 Å². The lowest BCUT2D eigenvalue weighted by Gasteiger charge is -2.32. The standard InChI is InChI=1S/C26H24ClN3O3S/c1-2-33-22-13-11-20(12-14-22)28-25(32)23-16-24(31)30(17-18-7-4-3-5-8-18)26(34-23)29-21-10-6-9-19(27)15-21/h3-15,23H,2,16-17H2,1H3,(H,28,32)/t23-/m1/s1. The van der Waals surface area contributed by atoms with Crippen molar-refractivity contribution in [1.29, 1.82) is 0 Å². The molecule has 1 atom stereocenters. The lowest BCUT2D eigenvalue weighted by Crippen LogP contribution is -2.44. The quantitative estimate of drug-likeness (QED) is 0.445. The fourth-order valence-electron chi connectivity index (χ4n) is 3.44. The largest absolute Gasteiger partial charge is 0.494 e. The smallest absolute Gasteiger partial charge is 0.238 e. The van der Waals surface area contributed by atoms with E-state index in [0.717, 1.165) is 11.3 Å². The molecule has 1 aliphatic heterocycles. The highest BCUT2D eigenvalue weighted by atomic mass is 35.5. The van der Waals surface area contributed by atoms with Gasteiger partial charge in [0.25, 0.3) is 0 Å². The van der Waals surface area contributed by atoms with Crippen molar-refractivity contribution >= 4 is 51.7 Å². The first-order valence-electron chi connectivity index (χ1n) is 10.9. The van der Waals surface area contributed by atoms with Crippen LogP contribution in [0.5, 0.6) is 5.75 Å². The van der Waals surface area contributed by atoms with Gasteiger partial charge in [-0.05, 0) is 55.0 Å². The van der Waals surface area contributed by atoms with Crippen molar-refractivity contribution in [3.8, 4) is 5.75 Å². The normalized spacial score (nSPS) is 17.0. The maximum Gasteiger partial charge on any atom is 0.238 e. The van der Waals surface area contributed by atoms with Gasteiger partial charge in [0.2, 0.25) is 11.8 Å². The van der Waals surface area contributed by atoms with Crippen LogP contribution >= 0.6 is 23.4 Å². The van der Waals surface area contributed by atoms with Gasteiger partial charge in [0, 0.05) is 17.1 Å². The number of hydrogen-bond acceptors (Lipinski definition) is 5. The maximum absolute atomic E-state index is 13.2.